The van der Waals surface area contributed by atoms with E-state index < -0.39 is 12.0 Å². The molecule has 1 aliphatic heterocycles. The van der Waals surface area contributed by atoms with E-state index in [-0.39, 0.29) is 11.9 Å². The summed E-state index contributed by atoms with van der Waals surface area (Å²) in [5, 5.41) is 15.2. The van der Waals surface area contributed by atoms with Crippen LogP contribution in [0.4, 0.5) is 4.79 Å². The zero-order valence-electron chi connectivity index (χ0n) is 10.6. The fourth-order valence-electron chi connectivity index (χ4n) is 2.24. The number of hydrogen-bond acceptors (Lipinski definition) is 5. The topological polar surface area (TPSA) is 109 Å². The smallest absolute Gasteiger partial charge is 0.326 e. The molecule has 1 fully saturated rings. The molecule has 1 aromatic rings. The lowest BCUT2D eigenvalue weighted by Gasteiger charge is -2.23. The van der Waals surface area contributed by atoms with E-state index in [2.05, 4.69) is 15.5 Å². The molecule has 8 nitrogen and oxygen atoms in total. The van der Waals surface area contributed by atoms with Crippen LogP contribution in [0.25, 0.3) is 0 Å². The van der Waals surface area contributed by atoms with Crippen molar-refractivity contribution in [2.45, 2.75) is 25.8 Å². The molecule has 2 amide bonds. The Bertz CT molecular complexity index is 448. The number of nitrogens with zero attached hydrogens (tertiary/aromatic N) is 3. The number of aliphatic carboxylic acids is 1. The molecule has 0 saturated carbocycles. The fourth-order valence-corrected chi connectivity index (χ4v) is 2.24. The fraction of sp³-hybridized carbons (Fsp3) is 0.636. The lowest BCUT2D eigenvalue weighted by atomic mass is 10.0. The van der Waals surface area contributed by atoms with Gasteiger partial charge in [0.1, 0.15) is 6.04 Å². The Kier molecular flexibility index (Phi) is 3.98. The van der Waals surface area contributed by atoms with Crippen LogP contribution in [0.15, 0.2) is 10.9 Å². The van der Waals surface area contributed by atoms with Gasteiger partial charge in [-0.1, -0.05) is 12.1 Å². The van der Waals surface area contributed by atoms with Gasteiger partial charge in [-0.25, -0.2) is 9.59 Å². The summed E-state index contributed by atoms with van der Waals surface area (Å²) < 4.78 is 4.80. The molecular formula is C11H16N4O4. The lowest BCUT2D eigenvalue weighted by molar-refractivity contribution is -0.142. The maximum absolute atomic E-state index is 11.9. The number of urea groups is 1. The van der Waals surface area contributed by atoms with Gasteiger partial charge in [0.05, 0.1) is 0 Å². The van der Waals surface area contributed by atoms with Gasteiger partial charge in [0.25, 0.3) is 0 Å². The van der Waals surface area contributed by atoms with E-state index >= 15 is 0 Å². The van der Waals surface area contributed by atoms with Gasteiger partial charge < -0.3 is 19.8 Å². The van der Waals surface area contributed by atoms with Crippen LogP contribution in [0.3, 0.4) is 0 Å². The highest BCUT2D eigenvalue weighted by Gasteiger charge is 2.39. The van der Waals surface area contributed by atoms with Crippen molar-refractivity contribution < 1.29 is 19.2 Å². The second-order valence-corrected chi connectivity index (χ2v) is 4.56. The Morgan fingerprint density at radius 2 is 2.42 bits per heavy atom. The average Bonchev–Trinajstić information content (AvgIpc) is 2.97. The summed E-state index contributed by atoms with van der Waals surface area (Å²) in [6.45, 7) is 2.63. The summed E-state index contributed by atoms with van der Waals surface area (Å²) in [4.78, 5) is 28.2. The van der Waals surface area contributed by atoms with E-state index in [4.69, 9.17) is 9.63 Å². The monoisotopic (exact) mass is 268 g/mol. The Balaban J connectivity index is 1.84. The SMILES string of the molecule is CC1CCN(C(=O)NCCc2ncno2)C1C(=O)O. The number of rotatable bonds is 4. The number of nitrogens with one attached hydrogen (secondary N) is 1. The molecule has 104 valence electrons. The zero-order valence-corrected chi connectivity index (χ0v) is 10.6. The van der Waals surface area contributed by atoms with Crippen LogP contribution >= 0.6 is 0 Å². The molecule has 2 heterocycles. The summed E-state index contributed by atoms with van der Waals surface area (Å²) in [5.41, 5.74) is 0. The summed E-state index contributed by atoms with van der Waals surface area (Å²) in [5.74, 6) is -0.555. The van der Waals surface area contributed by atoms with Gasteiger partial charge >= 0.3 is 12.0 Å². The van der Waals surface area contributed by atoms with E-state index in [9.17, 15) is 9.59 Å². The van der Waals surface area contributed by atoms with Gasteiger partial charge in [-0.15, -0.1) is 0 Å². The van der Waals surface area contributed by atoms with Crippen LogP contribution < -0.4 is 5.32 Å². The molecule has 0 radical (unpaired) electrons. The predicted octanol–water partition coefficient (Wildman–Crippen LogP) is 0.117. The molecule has 2 N–H and O–H groups in total. The Morgan fingerprint density at radius 1 is 1.63 bits per heavy atom. The molecule has 0 aromatic carbocycles. The minimum Gasteiger partial charge on any atom is -0.480 e. The van der Waals surface area contributed by atoms with Crippen LogP contribution in [-0.4, -0.2) is 51.3 Å². The van der Waals surface area contributed by atoms with Gasteiger partial charge in [0.15, 0.2) is 6.33 Å². The van der Waals surface area contributed by atoms with Gasteiger partial charge in [-0.2, -0.15) is 4.98 Å². The van der Waals surface area contributed by atoms with Crippen molar-refractivity contribution in [2.75, 3.05) is 13.1 Å². The number of carbonyl (C=O) groups excluding carboxylic acids is 1. The maximum atomic E-state index is 11.9. The summed E-state index contributed by atoms with van der Waals surface area (Å²) in [6, 6.07) is -1.11. The van der Waals surface area contributed by atoms with Crippen LogP contribution in [0.2, 0.25) is 0 Å². The first-order valence-corrected chi connectivity index (χ1v) is 6.12. The summed E-state index contributed by atoms with van der Waals surface area (Å²) in [7, 11) is 0. The van der Waals surface area contributed by atoms with Gasteiger partial charge in [0.2, 0.25) is 5.89 Å². The van der Waals surface area contributed by atoms with Gasteiger partial charge in [0, 0.05) is 19.5 Å². The standard InChI is InChI=1S/C11H16N4O4/c1-7-3-5-15(9(7)10(16)17)11(18)12-4-2-8-13-6-14-19-8/h6-7,9H,2-5H2,1H3,(H,12,18)(H,16,17). The first-order valence-electron chi connectivity index (χ1n) is 6.12. The number of amides is 2. The number of carboxylic acid groups (broad SMARTS) is 1. The molecule has 19 heavy (non-hydrogen) atoms. The highest BCUT2D eigenvalue weighted by molar-refractivity contribution is 5.83. The molecule has 2 atom stereocenters. The molecule has 0 bridgehead atoms. The van der Waals surface area contributed by atoms with Crippen molar-refractivity contribution >= 4 is 12.0 Å². The van der Waals surface area contributed by atoms with E-state index in [1.165, 1.54) is 11.2 Å². The number of carboxylic acids is 1. The molecule has 1 saturated heterocycles. The number of aromatic nitrogens is 2. The Hall–Kier alpha value is -2.12. The van der Waals surface area contributed by atoms with Crippen LogP contribution in [0, 0.1) is 5.92 Å². The van der Waals surface area contributed by atoms with Crippen molar-refractivity contribution in [3.63, 3.8) is 0 Å². The maximum Gasteiger partial charge on any atom is 0.326 e. The highest BCUT2D eigenvalue weighted by atomic mass is 16.5. The van der Waals surface area contributed by atoms with Gasteiger partial charge in [-0.05, 0) is 12.3 Å². The molecule has 2 rings (SSSR count). The number of carbonyl (C=O) groups is 2. The molecule has 8 heteroatoms. The van der Waals surface area contributed by atoms with Crippen LogP contribution in [0.1, 0.15) is 19.2 Å². The molecule has 1 aromatic heterocycles. The van der Waals surface area contributed by atoms with E-state index in [1.54, 1.807) is 0 Å². The third-order valence-corrected chi connectivity index (χ3v) is 3.24. The molecular weight excluding hydrogens is 252 g/mol. The predicted molar refractivity (Wildman–Crippen MR) is 63.3 cm³/mol. The normalized spacial score (nSPS) is 22.5. The number of hydrogen-bond donors (Lipinski definition) is 2. The van der Waals surface area contributed by atoms with Crippen molar-refractivity contribution in [1.29, 1.82) is 0 Å². The average molecular weight is 268 g/mol. The molecule has 0 spiro atoms. The number of likely N-dealkylation sites (tertiary alicyclic amines) is 1. The zero-order chi connectivity index (χ0) is 13.8. The largest absolute Gasteiger partial charge is 0.480 e. The van der Waals surface area contributed by atoms with Crippen molar-refractivity contribution in [3.05, 3.63) is 12.2 Å². The third-order valence-electron chi connectivity index (χ3n) is 3.24. The second-order valence-electron chi connectivity index (χ2n) is 4.56. The Labute approximate surface area is 109 Å². The highest BCUT2D eigenvalue weighted by Crippen LogP contribution is 2.23. The summed E-state index contributed by atoms with van der Waals surface area (Å²) in [6.07, 6.45) is 2.42. The molecule has 1 aliphatic rings. The lowest BCUT2D eigenvalue weighted by Crippen LogP contribution is -2.47. The Morgan fingerprint density at radius 3 is 3.05 bits per heavy atom. The van der Waals surface area contributed by atoms with E-state index in [0.29, 0.717) is 31.8 Å². The quantitative estimate of drug-likeness (QED) is 0.802. The van der Waals surface area contributed by atoms with E-state index in [1.807, 2.05) is 6.92 Å². The van der Waals surface area contributed by atoms with E-state index in [0.717, 1.165) is 0 Å². The van der Waals surface area contributed by atoms with Crippen molar-refractivity contribution in [2.24, 2.45) is 5.92 Å². The van der Waals surface area contributed by atoms with Gasteiger partial charge in [-0.3, -0.25) is 0 Å². The molecule has 2 unspecified atom stereocenters. The summed E-state index contributed by atoms with van der Waals surface area (Å²) >= 11 is 0. The van der Waals surface area contributed by atoms with Crippen molar-refractivity contribution in [1.82, 2.24) is 20.4 Å². The minimum atomic E-state index is -0.961. The molecule has 0 aliphatic carbocycles. The first kappa shape index (κ1) is 13.3. The first-order chi connectivity index (χ1) is 9.09. The minimum absolute atomic E-state index is 0.0285. The van der Waals surface area contributed by atoms with Crippen molar-refractivity contribution in [3.8, 4) is 0 Å². The second kappa shape index (κ2) is 5.68. The van der Waals surface area contributed by atoms with Crippen LogP contribution in [0.5, 0.6) is 0 Å². The third kappa shape index (κ3) is 3.01. The van der Waals surface area contributed by atoms with Crippen LogP contribution in [-0.2, 0) is 11.2 Å².